The summed E-state index contributed by atoms with van der Waals surface area (Å²) in [5, 5.41) is 3.93. The van der Waals surface area contributed by atoms with Crippen molar-refractivity contribution in [2.45, 2.75) is 27.3 Å². The second-order valence-electron chi connectivity index (χ2n) is 7.28. The van der Waals surface area contributed by atoms with E-state index >= 15 is 0 Å². The number of fused-ring (bicyclic) bond motifs is 2. The minimum atomic E-state index is -0.421. The molecular formula is C22H21N3O3. The van der Waals surface area contributed by atoms with E-state index in [9.17, 15) is 14.4 Å². The Morgan fingerprint density at radius 1 is 1.00 bits per heavy atom. The van der Waals surface area contributed by atoms with Crippen LogP contribution in [0.4, 0.5) is 0 Å². The molecule has 0 bridgehead atoms. The number of aromatic nitrogens is 1. The Hall–Kier alpha value is -3.41. The van der Waals surface area contributed by atoms with E-state index in [1.54, 1.807) is 18.2 Å². The first-order valence-corrected chi connectivity index (χ1v) is 9.16. The molecule has 1 aliphatic rings. The molecule has 1 aromatic heterocycles. The predicted octanol–water partition coefficient (Wildman–Crippen LogP) is 3.01. The fourth-order valence-electron chi connectivity index (χ4n) is 3.57. The van der Waals surface area contributed by atoms with Gasteiger partial charge in [-0.05, 0) is 56.2 Å². The van der Waals surface area contributed by atoms with Crippen LogP contribution in [0.25, 0.3) is 10.9 Å². The normalized spacial score (nSPS) is 13.3. The summed E-state index contributed by atoms with van der Waals surface area (Å²) in [6.45, 7) is 6.00. The monoisotopic (exact) mass is 375 g/mol. The van der Waals surface area contributed by atoms with E-state index in [-0.39, 0.29) is 12.5 Å². The van der Waals surface area contributed by atoms with Gasteiger partial charge < -0.3 is 10.3 Å². The number of carbonyl (C=O) groups is 3. The van der Waals surface area contributed by atoms with Gasteiger partial charge in [0.1, 0.15) is 6.54 Å². The van der Waals surface area contributed by atoms with Gasteiger partial charge in [0.15, 0.2) is 0 Å². The molecule has 3 amide bonds. The highest BCUT2D eigenvalue weighted by Crippen LogP contribution is 2.24. The quantitative estimate of drug-likeness (QED) is 0.688. The summed E-state index contributed by atoms with van der Waals surface area (Å²) in [7, 11) is 0. The molecule has 0 unspecified atom stereocenters. The van der Waals surface area contributed by atoms with Gasteiger partial charge in [-0.2, -0.15) is 0 Å². The first-order valence-electron chi connectivity index (χ1n) is 9.16. The highest BCUT2D eigenvalue weighted by atomic mass is 16.2. The molecule has 28 heavy (non-hydrogen) atoms. The first-order chi connectivity index (χ1) is 13.3. The van der Waals surface area contributed by atoms with Gasteiger partial charge in [0, 0.05) is 23.1 Å². The van der Waals surface area contributed by atoms with Crippen LogP contribution in [0.15, 0.2) is 36.4 Å². The van der Waals surface area contributed by atoms with Crippen molar-refractivity contribution in [2.75, 3.05) is 6.54 Å². The molecule has 0 fully saturated rings. The van der Waals surface area contributed by atoms with Crippen LogP contribution in [-0.2, 0) is 11.3 Å². The summed E-state index contributed by atoms with van der Waals surface area (Å²) in [5.41, 5.74) is 5.94. The molecule has 2 aromatic carbocycles. The van der Waals surface area contributed by atoms with Gasteiger partial charge in [0.05, 0.1) is 11.1 Å². The third-order valence-corrected chi connectivity index (χ3v) is 5.29. The van der Waals surface area contributed by atoms with Crippen LogP contribution in [0.5, 0.6) is 0 Å². The SMILES string of the molecule is Cc1ccc2c(c1)C(=O)N(CC(=O)NCc1ccc3[nH]c(C)c(C)c3c1)C2=O. The lowest BCUT2D eigenvalue weighted by Gasteiger charge is -2.13. The number of aromatic amines is 1. The topological polar surface area (TPSA) is 82.3 Å². The minimum absolute atomic E-state index is 0.282. The zero-order chi connectivity index (χ0) is 20.0. The minimum Gasteiger partial charge on any atom is -0.358 e. The van der Waals surface area contributed by atoms with Crippen LogP contribution in [0.3, 0.4) is 0 Å². The van der Waals surface area contributed by atoms with Gasteiger partial charge in [-0.3, -0.25) is 19.3 Å². The molecule has 0 radical (unpaired) electrons. The highest BCUT2D eigenvalue weighted by molar-refractivity contribution is 6.22. The molecule has 0 spiro atoms. The number of amides is 3. The summed E-state index contributed by atoms with van der Waals surface area (Å²) >= 11 is 0. The fraction of sp³-hybridized carbons (Fsp3) is 0.227. The standard InChI is InChI=1S/C22H21N3O3/c1-12-4-6-16-18(8-12)22(28)25(21(16)27)11-20(26)23-10-15-5-7-19-17(9-15)13(2)14(3)24-19/h4-9,24H,10-11H2,1-3H3,(H,23,26). The van der Waals surface area contributed by atoms with Crippen molar-refractivity contribution in [1.29, 1.82) is 0 Å². The molecule has 1 aliphatic heterocycles. The molecule has 4 rings (SSSR count). The van der Waals surface area contributed by atoms with Gasteiger partial charge in [-0.15, -0.1) is 0 Å². The Morgan fingerprint density at radius 2 is 1.75 bits per heavy atom. The van der Waals surface area contributed by atoms with Gasteiger partial charge in [-0.1, -0.05) is 17.7 Å². The Balaban J connectivity index is 1.43. The Kier molecular flexibility index (Phi) is 4.26. The molecule has 3 aromatic rings. The maximum absolute atomic E-state index is 12.5. The molecule has 6 nitrogen and oxygen atoms in total. The second kappa shape index (κ2) is 6.64. The van der Waals surface area contributed by atoms with Crippen molar-refractivity contribution < 1.29 is 14.4 Å². The fourth-order valence-corrected chi connectivity index (χ4v) is 3.57. The number of rotatable bonds is 4. The van der Waals surface area contributed by atoms with Crippen molar-refractivity contribution in [2.24, 2.45) is 0 Å². The lowest BCUT2D eigenvalue weighted by Crippen LogP contribution is -2.40. The summed E-state index contributed by atoms with van der Waals surface area (Å²) < 4.78 is 0. The van der Waals surface area contributed by atoms with Crippen LogP contribution in [0.1, 0.15) is 43.1 Å². The Bertz CT molecular complexity index is 1140. The lowest BCUT2D eigenvalue weighted by atomic mass is 10.1. The van der Waals surface area contributed by atoms with E-state index in [2.05, 4.69) is 17.2 Å². The van der Waals surface area contributed by atoms with Crippen molar-refractivity contribution in [1.82, 2.24) is 15.2 Å². The molecule has 2 heterocycles. The number of H-pyrrole nitrogens is 1. The van der Waals surface area contributed by atoms with Crippen LogP contribution in [0, 0.1) is 20.8 Å². The van der Waals surface area contributed by atoms with Crippen molar-refractivity contribution in [3.63, 3.8) is 0 Å². The van der Waals surface area contributed by atoms with Crippen LogP contribution < -0.4 is 5.32 Å². The molecular weight excluding hydrogens is 354 g/mol. The van der Waals surface area contributed by atoms with Crippen molar-refractivity contribution in [3.05, 3.63) is 69.9 Å². The van der Waals surface area contributed by atoms with Gasteiger partial charge in [-0.25, -0.2) is 0 Å². The van der Waals surface area contributed by atoms with Gasteiger partial charge in [0.2, 0.25) is 5.91 Å². The van der Waals surface area contributed by atoms with E-state index in [0.717, 1.165) is 32.6 Å². The molecule has 0 saturated carbocycles. The molecule has 0 atom stereocenters. The highest BCUT2D eigenvalue weighted by Gasteiger charge is 2.36. The largest absolute Gasteiger partial charge is 0.358 e. The Labute approximate surface area is 162 Å². The predicted molar refractivity (Wildman–Crippen MR) is 106 cm³/mol. The van der Waals surface area contributed by atoms with Crippen LogP contribution in [0.2, 0.25) is 0 Å². The summed E-state index contributed by atoms with van der Waals surface area (Å²) in [6, 6.07) is 11.1. The van der Waals surface area contributed by atoms with E-state index in [1.807, 2.05) is 32.0 Å². The lowest BCUT2D eigenvalue weighted by molar-refractivity contribution is -0.121. The zero-order valence-corrected chi connectivity index (χ0v) is 16.1. The van der Waals surface area contributed by atoms with E-state index < -0.39 is 11.8 Å². The van der Waals surface area contributed by atoms with E-state index in [0.29, 0.717) is 17.7 Å². The number of aryl methyl sites for hydroxylation is 3. The second-order valence-corrected chi connectivity index (χ2v) is 7.28. The Morgan fingerprint density at radius 3 is 2.54 bits per heavy atom. The number of hydrogen-bond donors (Lipinski definition) is 2. The van der Waals surface area contributed by atoms with Crippen LogP contribution in [-0.4, -0.2) is 34.2 Å². The average Bonchev–Trinajstić information content (AvgIpc) is 3.08. The summed E-state index contributed by atoms with van der Waals surface area (Å²) in [4.78, 5) is 41.6. The number of hydrogen-bond acceptors (Lipinski definition) is 3. The van der Waals surface area contributed by atoms with Gasteiger partial charge >= 0.3 is 0 Å². The molecule has 142 valence electrons. The molecule has 0 aliphatic carbocycles. The third-order valence-electron chi connectivity index (χ3n) is 5.29. The van der Waals surface area contributed by atoms with E-state index in [4.69, 9.17) is 0 Å². The molecule has 6 heteroatoms. The number of carbonyl (C=O) groups excluding carboxylic acids is 3. The summed E-state index contributed by atoms with van der Waals surface area (Å²) in [5.74, 6) is -1.21. The molecule has 0 saturated heterocycles. The number of nitrogens with zero attached hydrogens (tertiary/aromatic N) is 1. The number of benzene rings is 2. The van der Waals surface area contributed by atoms with Crippen molar-refractivity contribution in [3.8, 4) is 0 Å². The number of nitrogens with one attached hydrogen (secondary N) is 2. The summed E-state index contributed by atoms with van der Waals surface area (Å²) in [6.07, 6.45) is 0. The van der Waals surface area contributed by atoms with Gasteiger partial charge in [0.25, 0.3) is 11.8 Å². The smallest absolute Gasteiger partial charge is 0.262 e. The molecule has 2 N–H and O–H groups in total. The third kappa shape index (κ3) is 2.97. The van der Waals surface area contributed by atoms with E-state index in [1.165, 1.54) is 5.56 Å². The average molecular weight is 375 g/mol. The maximum atomic E-state index is 12.5. The van der Waals surface area contributed by atoms with Crippen LogP contribution >= 0.6 is 0 Å². The maximum Gasteiger partial charge on any atom is 0.262 e. The zero-order valence-electron chi connectivity index (χ0n) is 16.1. The number of imide groups is 1. The van der Waals surface area contributed by atoms with Crippen molar-refractivity contribution >= 4 is 28.6 Å². The first kappa shape index (κ1) is 18.0.